The van der Waals surface area contributed by atoms with Crippen molar-refractivity contribution in [3.63, 3.8) is 0 Å². The Morgan fingerprint density at radius 1 is 1.11 bits per heavy atom. The second kappa shape index (κ2) is 11.6. The maximum Gasteiger partial charge on any atom is 0.408 e. The Hall–Kier alpha value is -3.35. The fourth-order valence-corrected chi connectivity index (χ4v) is 4.54. The van der Waals surface area contributed by atoms with E-state index in [2.05, 4.69) is 15.2 Å². The molecule has 1 saturated heterocycles. The average molecular weight is 535 g/mol. The minimum Gasteiger partial charge on any atom is -0.489 e. The molecule has 1 aromatic carbocycles. The Balaban J connectivity index is 0.00000164. The summed E-state index contributed by atoms with van der Waals surface area (Å²) in [4.78, 5) is 5.94. The molecule has 4 heterocycles. The number of likely N-dealkylation sites (tertiary alicyclic amines) is 1. The van der Waals surface area contributed by atoms with E-state index in [9.17, 15) is 17.6 Å². The number of methoxy groups -OCH3 is 1. The standard InChI is InChI=1S/C24H24F4N6O2.C2H6/c1-35-8-9-36-19-11-16(25)10-14-2-4-18(30-21(14)19)23-32-31-20-5-3-15(12-34(20)23)22(24(26,27)28)33-7-6-17(29)13-33;1-2/h2-5,10-12,17,22H,6-9,13,29H2,1H3;1-2H3. The summed E-state index contributed by atoms with van der Waals surface area (Å²) >= 11 is 0. The molecule has 1 aliphatic rings. The van der Waals surface area contributed by atoms with Crippen LogP contribution < -0.4 is 10.5 Å². The number of rotatable bonds is 7. The summed E-state index contributed by atoms with van der Waals surface area (Å²) in [6, 6.07) is 6.62. The van der Waals surface area contributed by atoms with Crippen molar-refractivity contribution in [2.24, 2.45) is 5.73 Å². The van der Waals surface area contributed by atoms with Crippen LogP contribution in [0.4, 0.5) is 17.6 Å². The van der Waals surface area contributed by atoms with Crippen molar-refractivity contribution in [3.05, 3.63) is 54.0 Å². The zero-order chi connectivity index (χ0) is 27.4. The van der Waals surface area contributed by atoms with E-state index in [0.717, 1.165) is 0 Å². The van der Waals surface area contributed by atoms with Crippen molar-refractivity contribution in [1.29, 1.82) is 0 Å². The maximum absolute atomic E-state index is 14.1. The van der Waals surface area contributed by atoms with Gasteiger partial charge in [-0.05, 0) is 30.2 Å². The summed E-state index contributed by atoms with van der Waals surface area (Å²) in [7, 11) is 1.52. The second-order valence-electron chi connectivity index (χ2n) is 8.72. The Morgan fingerprint density at radius 2 is 1.89 bits per heavy atom. The van der Waals surface area contributed by atoms with Crippen LogP contribution in [-0.2, 0) is 4.74 Å². The SMILES string of the molecule is CC.COCCOc1cc(F)cc2ccc(-c3nnc4ccc(C(N5CCC(N)C5)C(F)(F)F)cn34)nc12. The molecular formula is C26H30F4N6O2. The van der Waals surface area contributed by atoms with Gasteiger partial charge >= 0.3 is 6.18 Å². The van der Waals surface area contributed by atoms with Crippen LogP contribution in [0.1, 0.15) is 31.9 Å². The number of halogens is 4. The van der Waals surface area contributed by atoms with E-state index < -0.39 is 18.0 Å². The van der Waals surface area contributed by atoms with Crippen LogP contribution in [0.25, 0.3) is 28.1 Å². The second-order valence-corrected chi connectivity index (χ2v) is 8.72. The van der Waals surface area contributed by atoms with E-state index in [0.29, 0.717) is 35.3 Å². The van der Waals surface area contributed by atoms with Gasteiger partial charge in [-0.25, -0.2) is 9.37 Å². The van der Waals surface area contributed by atoms with E-state index in [4.69, 9.17) is 15.2 Å². The number of hydrogen-bond donors (Lipinski definition) is 1. The van der Waals surface area contributed by atoms with Gasteiger partial charge in [0.15, 0.2) is 11.5 Å². The number of hydrogen-bond acceptors (Lipinski definition) is 7. The van der Waals surface area contributed by atoms with Gasteiger partial charge < -0.3 is 15.2 Å². The van der Waals surface area contributed by atoms with Crippen molar-refractivity contribution in [2.75, 3.05) is 33.4 Å². The molecule has 2 unspecified atom stereocenters. The highest BCUT2D eigenvalue weighted by Crippen LogP contribution is 2.39. The minimum atomic E-state index is -4.49. The molecule has 0 amide bonds. The van der Waals surface area contributed by atoms with Gasteiger partial charge in [0.1, 0.15) is 35.4 Å². The van der Waals surface area contributed by atoms with Crippen molar-refractivity contribution in [2.45, 2.75) is 38.5 Å². The summed E-state index contributed by atoms with van der Waals surface area (Å²) in [6.45, 7) is 4.91. The molecule has 0 spiro atoms. The molecule has 1 fully saturated rings. The molecule has 0 saturated carbocycles. The zero-order valence-electron chi connectivity index (χ0n) is 21.4. The zero-order valence-corrected chi connectivity index (χ0v) is 21.4. The maximum atomic E-state index is 14.1. The highest BCUT2D eigenvalue weighted by molar-refractivity contribution is 5.86. The van der Waals surface area contributed by atoms with Crippen LogP contribution in [0.3, 0.4) is 0 Å². The fraction of sp³-hybridized carbons (Fsp3) is 0.423. The third-order valence-electron chi connectivity index (χ3n) is 6.17. The van der Waals surface area contributed by atoms with Gasteiger partial charge in [-0.2, -0.15) is 13.2 Å². The molecule has 2 atom stereocenters. The van der Waals surface area contributed by atoms with Crippen LogP contribution in [0.5, 0.6) is 5.75 Å². The van der Waals surface area contributed by atoms with Gasteiger partial charge in [-0.3, -0.25) is 9.30 Å². The molecule has 1 aliphatic heterocycles. The summed E-state index contributed by atoms with van der Waals surface area (Å²) in [5, 5.41) is 8.77. The minimum absolute atomic E-state index is 0.0524. The van der Waals surface area contributed by atoms with Gasteiger partial charge in [0.05, 0.1) is 6.61 Å². The van der Waals surface area contributed by atoms with E-state index in [-0.39, 0.29) is 42.9 Å². The van der Waals surface area contributed by atoms with Crippen LogP contribution in [0, 0.1) is 5.82 Å². The van der Waals surface area contributed by atoms with E-state index in [1.54, 1.807) is 12.1 Å². The summed E-state index contributed by atoms with van der Waals surface area (Å²) in [5.41, 5.74) is 7.03. The van der Waals surface area contributed by atoms with Crippen molar-refractivity contribution in [3.8, 4) is 17.3 Å². The average Bonchev–Trinajstić information content (AvgIpc) is 3.50. The monoisotopic (exact) mass is 534 g/mol. The van der Waals surface area contributed by atoms with E-state index in [1.165, 1.54) is 46.9 Å². The van der Waals surface area contributed by atoms with Crippen LogP contribution in [0.2, 0.25) is 0 Å². The van der Waals surface area contributed by atoms with Crippen LogP contribution in [0.15, 0.2) is 42.6 Å². The van der Waals surface area contributed by atoms with E-state index in [1.807, 2.05) is 13.8 Å². The highest BCUT2D eigenvalue weighted by Gasteiger charge is 2.46. The Morgan fingerprint density at radius 3 is 2.58 bits per heavy atom. The van der Waals surface area contributed by atoms with Crippen molar-refractivity contribution >= 4 is 16.6 Å². The quantitative estimate of drug-likeness (QED) is 0.270. The van der Waals surface area contributed by atoms with Crippen molar-refractivity contribution < 1.29 is 27.0 Å². The first-order chi connectivity index (χ1) is 18.2. The van der Waals surface area contributed by atoms with Gasteiger partial charge in [0.2, 0.25) is 0 Å². The van der Waals surface area contributed by atoms with Gasteiger partial charge in [-0.1, -0.05) is 26.0 Å². The van der Waals surface area contributed by atoms with Gasteiger partial charge in [0, 0.05) is 43.9 Å². The molecule has 38 heavy (non-hydrogen) atoms. The number of ether oxygens (including phenoxy) is 2. The van der Waals surface area contributed by atoms with E-state index >= 15 is 0 Å². The number of alkyl halides is 3. The molecule has 4 aromatic rings. The number of aromatic nitrogens is 4. The molecule has 0 bridgehead atoms. The molecule has 8 nitrogen and oxygen atoms in total. The van der Waals surface area contributed by atoms with Crippen LogP contribution >= 0.6 is 0 Å². The lowest BCUT2D eigenvalue weighted by Crippen LogP contribution is -2.38. The molecule has 0 radical (unpaired) electrons. The number of nitrogens with two attached hydrogens (primary N) is 1. The van der Waals surface area contributed by atoms with Gasteiger partial charge in [0.25, 0.3) is 0 Å². The number of benzene rings is 1. The lowest BCUT2D eigenvalue weighted by Gasteiger charge is -2.30. The largest absolute Gasteiger partial charge is 0.489 e. The third-order valence-corrected chi connectivity index (χ3v) is 6.17. The lowest BCUT2D eigenvalue weighted by atomic mass is 10.1. The topological polar surface area (TPSA) is 90.8 Å². The number of fused-ring (bicyclic) bond motifs is 2. The molecule has 204 valence electrons. The Bertz CT molecular complexity index is 1390. The highest BCUT2D eigenvalue weighted by atomic mass is 19.4. The molecule has 3 aromatic heterocycles. The summed E-state index contributed by atoms with van der Waals surface area (Å²) < 4.78 is 68.6. The number of nitrogens with zero attached hydrogens (tertiary/aromatic N) is 5. The molecule has 2 N–H and O–H groups in total. The summed E-state index contributed by atoms with van der Waals surface area (Å²) in [6.07, 6.45) is -2.60. The predicted molar refractivity (Wildman–Crippen MR) is 135 cm³/mol. The smallest absolute Gasteiger partial charge is 0.408 e. The first-order valence-corrected chi connectivity index (χ1v) is 12.4. The third kappa shape index (κ3) is 5.71. The molecule has 12 heteroatoms. The lowest BCUT2D eigenvalue weighted by molar-refractivity contribution is -0.183. The predicted octanol–water partition coefficient (Wildman–Crippen LogP) is 4.77. The first kappa shape index (κ1) is 27.7. The molecule has 0 aliphatic carbocycles. The normalized spacial score (nSPS) is 17.0. The van der Waals surface area contributed by atoms with Crippen molar-refractivity contribution in [1.82, 2.24) is 24.5 Å². The Labute approximate surface area is 217 Å². The Kier molecular flexibility index (Phi) is 8.44. The van der Waals surface area contributed by atoms with Gasteiger partial charge in [-0.15, -0.1) is 10.2 Å². The fourth-order valence-electron chi connectivity index (χ4n) is 4.54. The molecular weight excluding hydrogens is 504 g/mol. The molecule has 5 rings (SSSR count). The number of pyridine rings is 2. The summed E-state index contributed by atoms with van der Waals surface area (Å²) in [5.74, 6) is -0.0114. The first-order valence-electron chi connectivity index (χ1n) is 12.4. The van der Waals surface area contributed by atoms with Crippen LogP contribution in [-0.4, -0.2) is 70.1 Å².